The molecule has 0 saturated heterocycles. The molecule has 5 heteroatoms. The highest BCUT2D eigenvalue weighted by molar-refractivity contribution is 5.27. The number of benzene rings is 1. The Morgan fingerprint density at radius 2 is 2.20 bits per heavy atom. The average Bonchev–Trinajstić information content (AvgIpc) is 2.71. The summed E-state index contributed by atoms with van der Waals surface area (Å²) in [4.78, 5) is 3.82. The molecular weight excluding hydrogens is 195 g/mol. The first-order valence-corrected chi connectivity index (χ1v) is 4.59. The Bertz CT molecular complexity index is 439. The minimum atomic E-state index is -0.262. The van der Waals surface area contributed by atoms with E-state index in [1.54, 1.807) is 17.1 Å². The monoisotopic (exact) mass is 206 g/mol. The van der Waals surface area contributed by atoms with Gasteiger partial charge in [-0.3, -0.25) is 0 Å². The lowest BCUT2D eigenvalue weighted by Gasteiger charge is -2.07. The minimum absolute atomic E-state index is 0.262. The quantitative estimate of drug-likeness (QED) is 0.812. The first-order chi connectivity index (χ1) is 7.29. The van der Waals surface area contributed by atoms with Gasteiger partial charge in [-0.25, -0.2) is 14.1 Å². The second-order valence-corrected chi connectivity index (χ2v) is 3.21. The van der Waals surface area contributed by atoms with Crippen LogP contribution >= 0.6 is 0 Å². The maximum atomic E-state index is 13.0. The summed E-state index contributed by atoms with van der Waals surface area (Å²) >= 11 is 0. The molecule has 4 nitrogen and oxygen atoms in total. The van der Waals surface area contributed by atoms with Crippen LogP contribution in [0.25, 0.3) is 0 Å². The zero-order valence-corrected chi connectivity index (χ0v) is 8.10. The maximum absolute atomic E-state index is 13.0. The first kappa shape index (κ1) is 9.79. The second-order valence-electron chi connectivity index (χ2n) is 3.21. The highest BCUT2D eigenvalue weighted by Gasteiger charge is 2.03. The van der Waals surface area contributed by atoms with Crippen molar-refractivity contribution < 1.29 is 4.39 Å². The molecule has 0 fully saturated rings. The smallest absolute Gasteiger partial charge is 0.137 e. The van der Waals surface area contributed by atoms with Gasteiger partial charge in [-0.05, 0) is 23.3 Å². The van der Waals surface area contributed by atoms with Gasteiger partial charge in [0.05, 0.1) is 6.54 Å². The van der Waals surface area contributed by atoms with Crippen molar-refractivity contribution in [2.45, 2.75) is 13.1 Å². The van der Waals surface area contributed by atoms with Gasteiger partial charge in [-0.2, -0.15) is 5.10 Å². The van der Waals surface area contributed by atoms with Crippen molar-refractivity contribution in [3.05, 3.63) is 47.8 Å². The Morgan fingerprint density at radius 1 is 1.33 bits per heavy atom. The van der Waals surface area contributed by atoms with Crippen molar-refractivity contribution in [2.24, 2.45) is 5.73 Å². The summed E-state index contributed by atoms with van der Waals surface area (Å²) in [6, 6.07) is 4.58. The molecule has 0 aliphatic rings. The van der Waals surface area contributed by atoms with E-state index in [0.29, 0.717) is 13.1 Å². The van der Waals surface area contributed by atoms with E-state index >= 15 is 0 Å². The first-order valence-electron chi connectivity index (χ1n) is 4.59. The van der Waals surface area contributed by atoms with Gasteiger partial charge in [0.1, 0.15) is 18.5 Å². The fourth-order valence-corrected chi connectivity index (χ4v) is 1.43. The van der Waals surface area contributed by atoms with E-state index in [9.17, 15) is 4.39 Å². The van der Waals surface area contributed by atoms with Crippen LogP contribution in [0.5, 0.6) is 0 Å². The van der Waals surface area contributed by atoms with Gasteiger partial charge in [0.2, 0.25) is 0 Å². The fraction of sp³-hybridized carbons (Fsp3) is 0.200. The maximum Gasteiger partial charge on any atom is 0.137 e. The number of hydrogen-bond acceptors (Lipinski definition) is 3. The molecule has 0 bridgehead atoms. The molecule has 1 aromatic carbocycles. The molecule has 0 unspecified atom stereocenters. The average molecular weight is 206 g/mol. The van der Waals surface area contributed by atoms with E-state index in [-0.39, 0.29) is 5.82 Å². The van der Waals surface area contributed by atoms with Crippen LogP contribution in [0.2, 0.25) is 0 Å². The molecule has 1 heterocycles. The van der Waals surface area contributed by atoms with Crippen LogP contribution in [0.3, 0.4) is 0 Å². The third kappa shape index (κ3) is 2.19. The van der Waals surface area contributed by atoms with Gasteiger partial charge < -0.3 is 5.73 Å². The predicted molar refractivity (Wildman–Crippen MR) is 53.4 cm³/mol. The molecule has 0 spiro atoms. The van der Waals surface area contributed by atoms with Crippen LogP contribution < -0.4 is 5.73 Å². The molecule has 0 atom stereocenters. The molecule has 1 aromatic heterocycles. The van der Waals surface area contributed by atoms with E-state index < -0.39 is 0 Å². The van der Waals surface area contributed by atoms with Crippen molar-refractivity contribution in [1.29, 1.82) is 0 Å². The van der Waals surface area contributed by atoms with E-state index in [4.69, 9.17) is 5.73 Å². The van der Waals surface area contributed by atoms with Crippen molar-refractivity contribution in [3.8, 4) is 0 Å². The summed E-state index contributed by atoms with van der Waals surface area (Å²) in [6.07, 6.45) is 3.03. The van der Waals surface area contributed by atoms with Crippen LogP contribution in [-0.2, 0) is 13.1 Å². The van der Waals surface area contributed by atoms with Crippen LogP contribution in [-0.4, -0.2) is 14.8 Å². The third-order valence-corrected chi connectivity index (χ3v) is 2.19. The number of nitrogens with two attached hydrogens (primary N) is 1. The van der Waals surface area contributed by atoms with Crippen molar-refractivity contribution in [2.75, 3.05) is 0 Å². The van der Waals surface area contributed by atoms with Crippen LogP contribution in [0.1, 0.15) is 11.1 Å². The van der Waals surface area contributed by atoms with E-state index in [2.05, 4.69) is 10.1 Å². The molecule has 2 rings (SSSR count). The van der Waals surface area contributed by atoms with Gasteiger partial charge in [-0.15, -0.1) is 0 Å². The van der Waals surface area contributed by atoms with Crippen LogP contribution in [0, 0.1) is 5.82 Å². The third-order valence-electron chi connectivity index (χ3n) is 2.19. The summed E-state index contributed by atoms with van der Waals surface area (Å²) in [5.41, 5.74) is 7.32. The number of rotatable bonds is 3. The molecule has 78 valence electrons. The van der Waals surface area contributed by atoms with E-state index in [1.807, 2.05) is 0 Å². The molecule has 2 N–H and O–H groups in total. The van der Waals surface area contributed by atoms with Crippen molar-refractivity contribution in [1.82, 2.24) is 14.8 Å². The molecule has 0 aliphatic heterocycles. The largest absolute Gasteiger partial charge is 0.326 e. The highest BCUT2D eigenvalue weighted by atomic mass is 19.1. The summed E-state index contributed by atoms with van der Waals surface area (Å²) in [7, 11) is 0. The minimum Gasteiger partial charge on any atom is -0.326 e. The SMILES string of the molecule is NCc1ccc(F)cc1Cn1cncn1. The molecule has 15 heavy (non-hydrogen) atoms. The molecule has 0 saturated carbocycles. The van der Waals surface area contributed by atoms with Crippen LogP contribution in [0.4, 0.5) is 4.39 Å². The van der Waals surface area contributed by atoms with Crippen LogP contribution in [0.15, 0.2) is 30.9 Å². The number of halogens is 1. The summed E-state index contributed by atoms with van der Waals surface area (Å²) in [6.45, 7) is 0.884. The van der Waals surface area contributed by atoms with Gasteiger partial charge in [0, 0.05) is 6.54 Å². The van der Waals surface area contributed by atoms with Crippen molar-refractivity contribution in [3.63, 3.8) is 0 Å². The summed E-state index contributed by atoms with van der Waals surface area (Å²) in [5.74, 6) is -0.262. The molecule has 0 radical (unpaired) electrons. The molecular formula is C10H11FN4. The summed E-state index contributed by atoms with van der Waals surface area (Å²) in [5, 5.41) is 3.96. The highest BCUT2D eigenvalue weighted by Crippen LogP contribution is 2.11. The predicted octanol–water partition coefficient (Wildman–Crippen LogP) is 0.924. The molecule has 0 amide bonds. The Morgan fingerprint density at radius 3 is 2.87 bits per heavy atom. The number of aromatic nitrogens is 3. The molecule has 0 aliphatic carbocycles. The lowest BCUT2D eigenvalue weighted by molar-refractivity contribution is 0.616. The van der Waals surface area contributed by atoms with E-state index in [0.717, 1.165) is 11.1 Å². The summed E-state index contributed by atoms with van der Waals surface area (Å²) < 4.78 is 14.7. The van der Waals surface area contributed by atoms with Gasteiger partial charge in [-0.1, -0.05) is 6.07 Å². The second kappa shape index (κ2) is 4.18. The topological polar surface area (TPSA) is 56.7 Å². The van der Waals surface area contributed by atoms with Gasteiger partial charge >= 0.3 is 0 Å². The van der Waals surface area contributed by atoms with Crippen molar-refractivity contribution >= 4 is 0 Å². The van der Waals surface area contributed by atoms with E-state index in [1.165, 1.54) is 18.5 Å². The Labute approximate surface area is 86.6 Å². The fourth-order valence-electron chi connectivity index (χ4n) is 1.43. The van der Waals surface area contributed by atoms with Gasteiger partial charge in [0.15, 0.2) is 0 Å². The zero-order valence-electron chi connectivity index (χ0n) is 8.10. The van der Waals surface area contributed by atoms with Gasteiger partial charge in [0.25, 0.3) is 0 Å². The lowest BCUT2D eigenvalue weighted by atomic mass is 10.1. The molecule has 2 aromatic rings. The normalized spacial score (nSPS) is 10.5. The Balaban J connectivity index is 2.30. The number of nitrogens with zero attached hydrogens (tertiary/aromatic N) is 3. The number of hydrogen-bond donors (Lipinski definition) is 1. The Kier molecular flexibility index (Phi) is 2.73. The zero-order chi connectivity index (χ0) is 10.7. The Hall–Kier alpha value is -1.75. The lowest BCUT2D eigenvalue weighted by Crippen LogP contribution is -2.07. The standard InChI is InChI=1S/C10H11FN4/c11-10-2-1-8(4-12)9(3-10)5-15-7-13-6-14-15/h1-3,6-7H,4-5,12H2.